The second-order valence-corrected chi connectivity index (χ2v) is 17.2. The van der Waals surface area contributed by atoms with Crippen LogP contribution >= 0.6 is 36.1 Å². The SMILES string of the molecule is COc1cc(N=Nc2ccc(N=Nc3ccc4cc(SOO[O-])cc(S(=O)(=O)[O-])c4c3)c(C)c2)c(SOO[O-])cc1N=Nc1c(SOO[O-])cc2cc(NCOc3ccc(N)cc3)ccc2c1O.[Na+].[Na+].[Na+].[Na+]. The van der Waals surface area contributed by atoms with Crippen LogP contribution in [0, 0.1) is 6.92 Å². The molecule has 23 nitrogen and oxygen atoms in total. The molecule has 0 fully saturated rings. The van der Waals surface area contributed by atoms with Gasteiger partial charge in [0.2, 0.25) is 0 Å². The Hall–Kier alpha value is -2.54. The number of phenols is 1. The Kier molecular flexibility index (Phi) is 27.3. The monoisotopic (exact) mass is 1090 g/mol. The van der Waals surface area contributed by atoms with Crippen LogP contribution in [0.3, 0.4) is 0 Å². The van der Waals surface area contributed by atoms with E-state index in [1.165, 1.54) is 37.4 Å². The summed E-state index contributed by atoms with van der Waals surface area (Å²) in [5, 5.41) is 83.9. The number of nitrogen functional groups attached to an aromatic ring is 1. The molecule has 0 heterocycles. The Balaban J connectivity index is 0.00000342. The third kappa shape index (κ3) is 17.2. The molecule has 7 aromatic carbocycles. The van der Waals surface area contributed by atoms with E-state index in [9.17, 15) is 33.8 Å². The number of ether oxygens (including phenoxy) is 2. The fourth-order valence-corrected chi connectivity index (χ4v) is 8.39. The molecule has 0 aromatic heterocycles. The van der Waals surface area contributed by atoms with Crippen LogP contribution in [0.25, 0.3) is 21.5 Å². The van der Waals surface area contributed by atoms with Crippen LogP contribution in [0.4, 0.5) is 45.5 Å². The van der Waals surface area contributed by atoms with Gasteiger partial charge in [-0.25, -0.2) is 8.42 Å². The molecule has 4 N–H and O–H groups in total. The summed E-state index contributed by atoms with van der Waals surface area (Å²) >= 11 is 1.41. The number of rotatable bonds is 21. The minimum Gasteiger partial charge on any atom is -0.744 e. The molecule has 0 radical (unpaired) electrons. The molecule has 31 heteroatoms. The smallest absolute Gasteiger partial charge is 0.744 e. The maximum absolute atomic E-state index is 12.1. The van der Waals surface area contributed by atoms with Crippen LogP contribution in [0.15, 0.2) is 159 Å². The minimum atomic E-state index is -4.95. The molecule has 72 heavy (non-hydrogen) atoms. The predicted molar refractivity (Wildman–Crippen MR) is 238 cm³/mol. The summed E-state index contributed by atoms with van der Waals surface area (Å²) in [4.78, 5) is -0.103. The van der Waals surface area contributed by atoms with E-state index in [1.54, 1.807) is 79.7 Å². The van der Waals surface area contributed by atoms with Crippen LogP contribution in [-0.4, -0.2) is 31.9 Å². The minimum absolute atomic E-state index is 0. The fourth-order valence-electron chi connectivity index (χ4n) is 6.21. The van der Waals surface area contributed by atoms with E-state index >= 15 is 0 Å². The summed E-state index contributed by atoms with van der Waals surface area (Å²) < 4.78 is 60.9. The number of azo groups is 3. The standard InChI is InChI=1S/C41H34N8O15S4.4Na/c1-22-13-27(8-12-33(22)46-45-28-6-3-23-15-30(65-62-59-51)18-39(32(23)17-28)68(54,55)56)44-48-35-19-36(57-2)34(20-37(35)66-63-60-52)47-49-40-38(67-64-61-53)16-24-14-26(7-11-31(24)41(40)50)43-21-58-29-9-4-25(42)5-10-29;;;;/h3-20,43,50-53H,21,42H2,1-2H3,(H,54,55,56);;;;/q;4*+1/p-4. The summed E-state index contributed by atoms with van der Waals surface area (Å²) in [6.07, 6.45) is 0. The summed E-state index contributed by atoms with van der Waals surface area (Å²) in [5.74, 6) is 0.418. The van der Waals surface area contributed by atoms with Crippen molar-refractivity contribution in [3.05, 3.63) is 115 Å². The van der Waals surface area contributed by atoms with Crippen molar-refractivity contribution in [3.8, 4) is 17.2 Å². The number of benzene rings is 7. The predicted octanol–water partition coefficient (Wildman–Crippen LogP) is -3.10. The Bertz CT molecular complexity index is 3170. The largest absolute Gasteiger partial charge is 1.00 e. The zero-order valence-corrected chi connectivity index (χ0v) is 49.9. The number of nitrogens with one attached hydrogen (secondary N) is 1. The van der Waals surface area contributed by atoms with Gasteiger partial charge in [0.1, 0.15) is 38.7 Å². The Morgan fingerprint density at radius 2 is 1.28 bits per heavy atom. The van der Waals surface area contributed by atoms with Crippen LogP contribution in [0.2, 0.25) is 0 Å². The maximum atomic E-state index is 12.1. The van der Waals surface area contributed by atoms with Crippen molar-refractivity contribution >= 4 is 113 Å². The van der Waals surface area contributed by atoms with Gasteiger partial charge in [-0.15, -0.1) is 15.3 Å². The summed E-state index contributed by atoms with van der Waals surface area (Å²) in [7, 11) is -3.59. The molecule has 0 aliphatic carbocycles. The number of methoxy groups -OCH3 is 1. The molecule has 7 rings (SSSR count). The van der Waals surface area contributed by atoms with Gasteiger partial charge in [-0.1, -0.05) is 6.07 Å². The molecule has 0 spiro atoms. The van der Waals surface area contributed by atoms with Gasteiger partial charge in [0.15, 0.2) is 12.5 Å². The summed E-state index contributed by atoms with van der Waals surface area (Å²) in [5.41, 5.74) is 8.73. The van der Waals surface area contributed by atoms with Crippen LogP contribution < -0.4 is 155 Å². The van der Waals surface area contributed by atoms with E-state index in [2.05, 4.69) is 64.1 Å². The number of nitrogens with zero attached hydrogens (tertiary/aromatic N) is 6. The number of aryl methyl sites for hydroxylation is 1. The van der Waals surface area contributed by atoms with Crippen molar-refractivity contribution in [2.75, 3.05) is 24.9 Å². The first-order valence-corrected chi connectivity index (χ1v) is 22.5. The quantitative estimate of drug-likeness (QED) is 0.00938. The van der Waals surface area contributed by atoms with Gasteiger partial charge in [0.05, 0.1) is 75.0 Å². The van der Waals surface area contributed by atoms with E-state index in [-0.39, 0.29) is 179 Å². The maximum Gasteiger partial charge on any atom is 1.00 e. The van der Waals surface area contributed by atoms with Crippen molar-refractivity contribution < 1.29 is 190 Å². The molecule has 352 valence electrons. The van der Waals surface area contributed by atoms with Crippen molar-refractivity contribution in [2.45, 2.75) is 26.5 Å². The van der Waals surface area contributed by atoms with Gasteiger partial charge < -0.3 is 46.0 Å². The molecule has 0 bridgehead atoms. The average molecular weight is 1090 g/mol. The van der Waals surface area contributed by atoms with Crippen LogP contribution in [-0.2, 0) is 38.2 Å². The van der Waals surface area contributed by atoms with Crippen molar-refractivity contribution in [1.29, 1.82) is 0 Å². The molecule has 0 amide bonds. The third-order valence-corrected chi connectivity index (χ3v) is 12.0. The zero-order valence-electron chi connectivity index (χ0n) is 38.7. The van der Waals surface area contributed by atoms with Crippen molar-refractivity contribution in [3.63, 3.8) is 0 Å². The number of nitrogens with two attached hydrogens (primary N) is 1. The number of fused-ring (bicyclic) bond motifs is 2. The number of phenolic OH excluding ortho intramolecular Hbond substituents is 1. The normalized spacial score (nSPS) is 11.4. The molecule has 0 atom stereocenters. The second-order valence-electron chi connectivity index (χ2n) is 13.5. The number of aromatic hydroxyl groups is 1. The van der Waals surface area contributed by atoms with Gasteiger partial charge >= 0.3 is 118 Å². The van der Waals surface area contributed by atoms with Gasteiger partial charge in [0, 0.05) is 33.1 Å². The van der Waals surface area contributed by atoms with Gasteiger partial charge in [-0.2, -0.15) is 28.3 Å². The van der Waals surface area contributed by atoms with Gasteiger partial charge in [0.25, 0.3) is 0 Å². The number of hydrogen-bond donors (Lipinski definition) is 3. The van der Waals surface area contributed by atoms with E-state index in [0.717, 1.165) is 6.07 Å². The first-order valence-electron chi connectivity index (χ1n) is 18.9. The van der Waals surface area contributed by atoms with Crippen molar-refractivity contribution in [1.82, 2.24) is 0 Å². The van der Waals surface area contributed by atoms with Crippen molar-refractivity contribution in [2.24, 2.45) is 30.7 Å². The zero-order chi connectivity index (χ0) is 48.2. The first kappa shape index (κ1) is 63.8. The average Bonchev–Trinajstić information content (AvgIpc) is 3.33. The molecular weight excluding hydrogens is 1060 g/mol. The molecule has 0 saturated heterocycles. The van der Waals surface area contributed by atoms with E-state index < -0.39 is 15.0 Å². The Morgan fingerprint density at radius 1 is 0.639 bits per heavy atom. The molecule has 0 saturated carbocycles. The fraction of sp³-hybridized carbons (Fsp3) is 0.0732. The van der Waals surface area contributed by atoms with Crippen LogP contribution in [0.5, 0.6) is 17.2 Å². The van der Waals surface area contributed by atoms with Gasteiger partial charge in [-0.05, 0) is 120 Å². The van der Waals surface area contributed by atoms with E-state index in [1.807, 2.05) is 0 Å². The third-order valence-electron chi connectivity index (χ3n) is 9.30. The molecule has 7 aromatic rings. The van der Waals surface area contributed by atoms with E-state index in [4.69, 9.17) is 15.2 Å². The Morgan fingerprint density at radius 3 is 1.94 bits per heavy atom. The van der Waals surface area contributed by atoms with Gasteiger partial charge in [-0.3, -0.25) is 15.1 Å². The van der Waals surface area contributed by atoms with E-state index in [0.29, 0.717) is 86.3 Å². The second kappa shape index (κ2) is 30.9. The molecule has 0 aliphatic heterocycles. The van der Waals surface area contributed by atoms with Crippen LogP contribution in [0.1, 0.15) is 5.56 Å². The molecule has 0 unspecified atom stereocenters. The topological polar surface area (TPSA) is 333 Å². The molecule has 0 aliphatic rings. The number of hydrogen-bond acceptors (Lipinski definition) is 26. The summed E-state index contributed by atoms with van der Waals surface area (Å²) in [6, 6.07) is 28.2. The Labute approximate surface area is 510 Å². The first-order chi connectivity index (χ1) is 32.9. The summed E-state index contributed by atoms with van der Waals surface area (Å²) in [6.45, 7) is 1.85. The molecular formula is C41H30N8Na4O15S4. The number of anilines is 2.